The van der Waals surface area contributed by atoms with E-state index in [4.69, 9.17) is 18.6 Å². The predicted octanol–water partition coefficient (Wildman–Crippen LogP) is 6.48. The third-order valence-electron chi connectivity index (χ3n) is 3.14. The van der Waals surface area contributed by atoms with E-state index < -0.39 is 17.0 Å². The van der Waals surface area contributed by atoms with Gasteiger partial charge in [0.2, 0.25) is 0 Å². The summed E-state index contributed by atoms with van der Waals surface area (Å²) in [5, 5.41) is 0. The fraction of sp³-hybridized carbons (Fsp3) is 0.222. The fourth-order valence-electron chi connectivity index (χ4n) is 2.40. The molecule has 1 aliphatic carbocycles. The summed E-state index contributed by atoms with van der Waals surface area (Å²) in [7, 11) is 10.9. The molecule has 0 nitrogen and oxygen atoms in total. The van der Waals surface area contributed by atoms with Gasteiger partial charge in [-0.3, -0.25) is 0 Å². The minimum atomic E-state index is -0.556. The van der Waals surface area contributed by atoms with Crippen LogP contribution in [0.1, 0.15) is 18.1 Å². The molecular formula is C18H20Cl2SiTi. The summed E-state index contributed by atoms with van der Waals surface area (Å²) in [4.78, 5) is 0. The number of halogens is 2. The Balaban J connectivity index is 0.000000353. The van der Waals surface area contributed by atoms with Gasteiger partial charge < -0.3 is 0 Å². The Kier molecular flexibility index (Phi) is 10.1. The summed E-state index contributed by atoms with van der Waals surface area (Å²) in [6.07, 6.45) is 3.42. The Hall–Kier alpha value is -0.309. The van der Waals surface area contributed by atoms with Crippen molar-refractivity contribution in [3.8, 4) is 11.1 Å². The molecule has 4 heteroatoms. The van der Waals surface area contributed by atoms with E-state index in [-0.39, 0.29) is 0 Å². The number of hydrogen-bond donors (Lipinski definition) is 0. The van der Waals surface area contributed by atoms with Gasteiger partial charge in [-0.2, -0.15) is 0 Å². The first-order valence-corrected chi connectivity index (χ1v) is 13.4. The van der Waals surface area contributed by atoms with Gasteiger partial charge in [0, 0.05) is 9.52 Å². The number of benzene rings is 2. The molecule has 2 radical (unpaired) electrons. The van der Waals surface area contributed by atoms with E-state index in [1.54, 1.807) is 0 Å². The maximum atomic E-state index is 4.89. The topological polar surface area (TPSA) is 0 Å². The average Bonchev–Trinajstić information content (AvgIpc) is 2.90. The van der Waals surface area contributed by atoms with Gasteiger partial charge in [0.15, 0.2) is 0 Å². The van der Waals surface area contributed by atoms with Crippen molar-refractivity contribution >= 4 is 34.2 Å². The van der Waals surface area contributed by atoms with Crippen LogP contribution in [0.15, 0.2) is 54.1 Å². The van der Waals surface area contributed by atoms with Crippen molar-refractivity contribution in [2.45, 2.75) is 26.4 Å². The van der Waals surface area contributed by atoms with Crippen LogP contribution in [0, 0.1) is 0 Å². The number of allylic oxidation sites excluding steroid dienone is 1. The van der Waals surface area contributed by atoms with Crippen molar-refractivity contribution in [1.82, 2.24) is 0 Å². The standard InChI is InChI=1S/C16H14.C2H6Si.2ClH.Ti/c1-12-10-14-8-5-9-15(16(14)11-12)13-6-3-2-4-7-13;1-3-2;;;/h2-9,11H,10H2,1H3;1-2H3;2*1H;/q;;;;+2/p-2. The molecule has 2 aromatic rings. The summed E-state index contributed by atoms with van der Waals surface area (Å²) in [6, 6.07) is 17.2. The van der Waals surface area contributed by atoms with Gasteiger partial charge in [0.1, 0.15) is 0 Å². The van der Waals surface area contributed by atoms with Gasteiger partial charge in [-0.1, -0.05) is 73.3 Å². The zero-order valence-electron chi connectivity index (χ0n) is 13.2. The van der Waals surface area contributed by atoms with Crippen LogP contribution in [-0.4, -0.2) is 9.52 Å². The first-order chi connectivity index (χ1) is 10.7. The van der Waals surface area contributed by atoms with Crippen LogP contribution >= 0.6 is 18.6 Å². The summed E-state index contributed by atoms with van der Waals surface area (Å²) < 4.78 is 0. The van der Waals surface area contributed by atoms with Crippen LogP contribution < -0.4 is 0 Å². The normalized spacial score (nSPS) is 11.2. The molecular weight excluding hydrogens is 363 g/mol. The molecule has 0 fully saturated rings. The summed E-state index contributed by atoms with van der Waals surface area (Å²) in [6.45, 7) is 6.51. The van der Waals surface area contributed by atoms with E-state index in [0.29, 0.717) is 0 Å². The van der Waals surface area contributed by atoms with E-state index in [1.165, 1.54) is 27.8 Å². The monoisotopic (exact) mass is 382 g/mol. The molecule has 114 valence electrons. The minimum absolute atomic E-state index is 0.556. The second-order valence-electron chi connectivity index (χ2n) is 4.98. The molecule has 0 heterocycles. The molecule has 0 unspecified atom stereocenters. The molecule has 0 saturated carbocycles. The van der Waals surface area contributed by atoms with Crippen LogP contribution in [0.2, 0.25) is 13.1 Å². The SMILES string of the molecule is CC1=Cc2c(cccc2-c2ccccc2)C1.C[Si]C.[Cl][Ti][Cl]. The van der Waals surface area contributed by atoms with Crippen molar-refractivity contribution < 1.29 is 17.0 Å². The van der Waals surface area contributed by atoms with Crippen molar-refractivity contribution in [2.24, 2.45) is 0 Å². The van der Waals surface area contributed by atoms with E-state index in [9.17, 15) is 0 Å². The molecule has 0 atom stereocenters. The Morgan fingerprint density at radius 3 is 2.14 bits per heavy atom. The number of rotatable bonds is 1. The van der Waals surface area contributed by atoms with Crippen LogP contribution in [0.5, 0.6) is 0 Å². The molecule has 0 amide bonds. The molecule has 0 saturated heterocycles. The van der Waals surface area contributed by atoms with Crippen molar-refractivity contribution in [1.29, 1.82) is 0 Å². The van der Waals surface area contributed by atoms with Gasteiger partial charge in [0.25, 0.3) is 0 Å². The van der Waals surface area contributed by atoms with Crippen LogP contribution in [0.4, 0.5) is 0 Å². The first kappa shape index (κ1) is 19.7. The third kappa shape index (κ3) is 6.06. The number of hydrogen-bond acceptors (Lipinski definition) is 0. The Bertz CT molecular complexity index is 595. The van der Waals surface area contributed by atoms with E-state index in [1.807, 2.05) is 0 Å². The third-order valence-corrected chi connectivity index (χ3v) is 3.14. The predicted molar refractivity (Wildman–Crippen MR) is 98.4 cm³/mol. The second kappa shape index (κ2) is 11.3. The van der Waals surface area contributed by atoms with Gasteiger partial charge in [-0.05, 0) is 35.6 Å². The number of fused-ring (bicyclic) bond motifs is 1. The van der Waals surface area contributed by atoms with E-state index in [0.717, 1.165) is 15.9 Å². The van der Waals surface area contributed by atoms with E-state index >= 15 is 0 Å². The zero-order valence-corrected chi connectivity index (χ0v) is 17.2. The molecule has 1 aliphatic rings. The van der Waals surface area contributed by atoms with Gasteiger partial charge in [0.05, 0.1) is 0 Å². The van der Waals surface area contributed by atoms with Crippen molar-refractivity contribution in [3.05, 3.63) is 65.2 Å². The van der Waals surface area contributed by atoms with Crippen LogP contribution in [0.3, 0.4) is 0 Å². The average molecular weight is 383 g/mol. The zero-order chi connectivity index (χ0) is 16.4. The molecule has 3 rings (SSSR count). The van der Waals surface area contributed by atoms with Gasteiger partial charge in [-0.15, -0.1) is 0 Å². The summed E-state index contributed by atoms with van der Waals surface area (Å²) in [5.41, 5.74) is 6.99. The van der Waals surface area contributed by atoms with Crippen molar-refractivity contribution in [2.75, 3.05) is 0 Å². The summed E-state index contributed by atoms with van der Waals surface area (Å²) >= 11 is -0.556. The van der Waals surface area contributed by atoms with Gasteiger partial charge in [-0.25, -0.2) is 0 Å². The molecule has 0 bridgehead atoms. The molecule has 22 heavy (non-hydrogen) atoms. The maximum absolute atomic E-state index is 4.89. The molecule has 0 spiro atoms. The van der Waals surface area contributed by atoms with Crippen LogP contribution in [0.25, 0.3) is 17.2 Å². The Labute approximate surface area is 153 Å². The Morgan fingerprint density at radius 1 is 0.955 bits per heavy atom. The van der Waals surface area contributed by atoms with Crippen molar-refractivity contribution in [3.63, 3.8) is 0 Å². The molecule has 0 aliphatic heterocycles. The fourth-order valence-corrected chi connectivity index (χ4v) is 2.40. The molecule has 0 aromatic heterocycles. The quantitative estimate of drug-likeness (QED) is 0.495. The van der Waals surface area contributed by atoms with Gasteiger partial charge >= 0.3 is 35.6 Å². The summed E-state index contributed by atoms with van der Waals surface area (Å²) in [5.74, 6) is 0. The first-order valence-electron chi connectivity index (χ1n) is 7.07. The molecule has 0 N–H and O–H groups in total. The second-order valence-corrected chi connectivity index (χ2v) is 8.56. The van der Waals surface area contributed by atoms with E-state index in [2.05, 4.69) is 74.6 Å². The van der Waals surface area contributed by atoms with Crippen LogP contribution in [-0.2, 0) is 23.5 Å². The molecule has 2 aromatic carbocycles. The Morgan fingerprint density at radius 2 is 1.55 bits per heavy atom.